The molecule has 12 nitrogen and oxygen atoms in total. The molecule has 1 aliphatic heterocycles. The summed E-state index contributed by atoms with van der Waals surface area (Å²) in [5, 5.41) is 7.69. The molecule has 31 heavy (non-hydrogen) atoms. The van der Waals surface area contributed by atoms with Gasteiger partial charge in [-0.25, -0.2) is 4.68 Å². The average Bonchev–Trinajstić information content (AvgIpc) is 3.11. The molecule has 0 aromatic carbocycles. The first-order valence-electron chi connectivity index (χ1n) is 9.39. The van der Waals surface area contributed by atoms with Crippen molar-refractivity contribution in [2.45, 2.75) is 64.8 Å². The highest BCUT2D eigenvalue weighted by Crippen LogP contribution is 2.34. The van der Waals surface area contributed by atoms with Crippen molar-refractivity contribution in [3.05, 3.63) is 11.9 Å². The quantitative estimate of drug-likeness (QED) is 0.395. The summed E-state index contributed by atoms with van der Waals surface area (Å²) >= 11 is 0. The van der Waals surface area contributed by atoms with Crippen LogP contribution in [0.3, 0.4) is 0 Å². The van der Waals surface area contributed by atoms with Crippen molar-refractivity contribution >= 4 is 23.9 Å². The van der Waals surface area contributed by atoms with E-state index in [1.807, 2.05) is 0 Å². The first-order chi connectivity index (χ1) is 14.6. The summed E-state index contributed by atoms with van der Waals surface area (Å²) in [5.41, 5.74) is 0.301. The minimum Gasteiger partial charge on any atom is -0.463 e. The molecular weight excluding hydrogens is 421 g/mol. The highest BCUT2D eigenvalue weighted by atomic mass is 19.1. The standard InChI is InChI=1S/C18H24FN3O9/c1-9(23)27-8-14-15(28-10(2)24)16(29-11(3)25)17(30-12(4)26)18(31-14)22-7-13(5-6-19)20-21-22/h7,14-18H,5-6,8H2,1-4H3/t14-,15-,16+,17-,18-/m1/s1. The van der Waals surface area contributed by atoms with Gasteiger partial charge in [-0.3, -0.25) is 23.6 Å². The van der Waals surface area contributed by atoms with Gasteiger partial charge in [-0.05, 0) is 0 Å². The summed E-state index contributed by atoms with van der Waals surface area (Å²) in [5.74, 6) is -2.84. The lowest BCUT2D eigenvalue weighted by Crippen LogP contribution is -2.60. The van der Waals surface area contributed by atoms with Crippen LogP contribution in [0.5, 0.6) is 0 Å². The van der Waals surface area contributed by atoms with Crippen LogP contribution in [0.15, 0.2) is 6.20 Å². The van der Waals surface area contributed by atoms with Gasteiger partial charge in [-0.15, -0.1) is 5.10 Å². The van der Waals surface area contributed by atoms with Crippen molar-refractivity contribution in [2.75, 3.05) is 13.3 Å². The molecule has 1 saturated heterocycles. The van der Waals surface area contributed by atoms with E-state index in [0.29, 0.717) is 5.69 Å². The van der Waals surface area contributed by atoms with Crippen LogP contribution in [0.1, 0.15) is 39.6 Å². The maximum Gasteiger partial charge on any atom is 0.303 e. The van der Waals surface area contributed by atoms with E-state index in [-0.39, 0.29) is 13.0 Å². The van der Waals surface area contributed by atoms with Crippen LogP contribution >= 0.6 is 0 Å². The van der Waals surface area contributed by atoms with E-state index in [1.165, 1.54) is 17.8 Å². The fourth-order valence-corrected chi connectivity index (χ4v) is 3.07. The van der Waals surface area contributed by atoms with Crippen LogP contribution in [0.4, 0.5) is 4.39 Å². The van der Waals surface area contributed by atoms with E-state index in [1.54, 1.807) is 0 Å². The molecule has 0 N–H and O–H groups in total. The van der Waals surface area contributed by atoms with E-state index >= 15 is 0 Å². The molecule has 2 heterocycles. The van der Waals surface area contributed by atoms with E-state index in [0.717, 1.165) is 20.8 Å². The largest absolute Gasteiger partial charge is 0.463 e. The molecule has 1 aliphatic rings. The lowest BCUT2D eigenvalue weighted by molar-refractivity contribution is -0.270. The maximum absolute atomic E-state index is 12.7. The van der Waals surface area contributed by atoms with Gasteiger partial charge in [0.15, 0.2) is 24.5 Å². The first kappa shape index (κ1) is 24.2. The Morgan fingerprint density at radius 2 is 1.55 bits per heavy atom. The number of hydrogen-bond acceptors (Lipinski definition) is 11. The molecular formula is C18H24FN3O9. The molecule has 5 atom stereocenters. The summed E-state index contributed by atoms with van der Waals surface area (Å²) in [6, 6.07) is 0. The zero-order valence-electron chi connectivity index (χ0n) is 17.5. The zero-order chi connectivity index (χ0) is 23.1. The third kappa shape index (κ3) is 6.70. The van der Waals surface area contributed by atoms with Gasteiger partial charge in [-0.2, -0.15) is 0 Å². The fraction of sp³-hybridized carbons (Fsp3) is 0.667. The Labute approximate surface area is 176 Å². The molecule has 0 aliphatic carbocycles. The van der Waals surface area contributed by atoms with Gasteiger partial charge in [0, 0.05) is 34.1 Å². The Kier molecular flexibility index (Phi) is 8.42. The Balaban J connectivity index is 2.49. The van der Waals surface area contributed by atoms with Crippen LogP contribution in [0.25, 0.3) is 0 Å². The molecule has 13 heteroatoms. The summed E-state index contributed by atoms with van der Waals surface area (Å²) in [6.07, 6.45) is -4.84. The molecule has 0 spiro atoms. The molecule has 0 amide bonds. The smallest absolute Gasteiger partial charge is 0.303 e. The van der Waals surface area contributed by atoms with Crippen molar-refractivity contribution in [3.63, 3.8) is 0 Å². The lowest BCUT2D eigenvalue weighted by Gasteiger charge is -2.44. The first-order valence-corrected chi connectivity index (χ1v) is 9.39. The van der Waals surface area contributed by atoms with E-state index in [2.05, 4.69) is 10.3 Å². The highest BCUT2D eigenvalue weighted by molar-refractivity contribution is 5.68. The Morgan fingerprint density at radius 1 is 0.968 bits per heavy atom. The third-order valence-electron chi connectivity index (χ3n) is 4.14. The lowest BCUT2D eigenvalue weighted by atomic mass is 9.97. The number of carbonyl (C=O) groups excluding carboxylic acids is 4. The fourth-order valence-electron chi connectivity index (χ4n) is 3.07. The van der Waals surface area contributed by atoms with Crippen LogP contribution < -0.4 is 0 Å². The second kappa shape index (κ2) is 10.8. The molecule has 0 unspecified atom stereocenters. The number of aromatic nitrogens is 3. The third-order valence-corrected chi connectivity index (χ3v) is 4.14. The molecule has 172 valence electrons. The Hall–Kier alpha value is -3.09. The Morgan fingerprint density at radius 3 is 2.10 bits per heavy atom. The topological polar surface area (TPSA) is 145 Å². The monoisotopic (exact) mass is 445 g/mol. The van der Waals surface area contributed by atoms with Gasteiger partial charge in [0.05, 0.1) is 18.6 Å². The van der Waals surface area contributed by atoms with Crippen molar-refractivity contribution in [1.82, 2.24) is 15.0 Å². The molecule has 1 aromatic rings. The van der Waals surface area contributed by atoms with Crippen LogP contribution in [-0.4, -0.2) is 76.6 Å². The minimum absolute atomic E-state index is 0.00866. The molecule has 0 bridgehead atoms. The van der Waals surface area contributed by atoms with Gasteiger partial charge in [0.1, 0.15) is 12.7 Å². The summed E-state index contributed by atoms with van der Waals surface area (Å²) in [4.78, 5) is 46.5. The van der Waals surface area contributed by atoms with Gasteiger partial charge in [-0.1, -0.05) is 5.21 Å². The van der Waals surface area contributed by atoms with Crippen molar-refractivity contribution in [2.24, 2.45) is 0 Å². The van der Waals surface area contributed by atoms with Gasteiger partial charge in [0.25, 0.3) is 0 Å². The summed E-state index contributed by atoms with van der Waals surface area (Å²) in [7, 11) is 0. The number of halogens is 1. The summed E-state index contributed by atoms with van der Waals surface area (Å²) < 4.78 is 40.6. The van der Waals surface area contributed by atoms with E-state index < -0.39 is 61.2 Å². The SMILES string of the molecule is CC(=O)OC[C@H]1O[C@@H](n2cc(CCF)nn2)[C@H](OC(C)=O)[C@@H](OC(C)=O)[C@@H]1OC(C)=O. The Bertz CT molecular complexity index is 815. The number of rotatable bonds is 8. The second-order valence-electron chi connectivity index (χ2n) is 6.72. The van der Waals surface area contributed by atoms with E-state index in [9.17, 15) is 23.6 Å². The highest BCUT2D eigenvalue weighted by Gasteiger charge is 2.53. The maximum atomic E-state index is 12.7. The van der Waals surface area contributed by atoms with Crippen LogP contribution in [0, 0.1) is 0 Å². The average molecular weight is 445 g/mol. The van der Waals surface area contributed by atoms with Crippen molar-refractivity contribution in [1.29, 1.82) is 0 Å². The second-order valence-corrected chi connectivity index (χ2v) is 6.72. The normalized spacial score (nSPS) is 25.4. The minimum atomic E-state index is -1.32. The molecule has 0 radical (unpaired) electrons. The predicted molar refractivity (Wildman–Crippen MR) is 96.9 cm³/mol. The summed E-state index contributed by atoms with van der Waals surface area (Å²) in [6.45, 7) is 3.52. The number of esters is 4. The van der Waals surface area contributed by atoms with Crippen LogP contribution in [-0.2, 0) is 49.3 Å². The molecule has 1 aromatic heterocycles. The van der Waals surface area contributed by atoms with Crippen LogP contribution in [0.2, 0.25) is 0 Å². The predicted octanol–water partition coefficient (Wildman–Crippen LogP) is 0.0457. The van der Waals surface area contributed by atoms with Gasteiger partial charge < -0.3 is 23.7 Å². The number of nitrogens with zero attached hydrogens (tertiary/aromatic N) is 3. The number of ether oxygens (including phenoxy) is 5. The van der Waals surface area contributed by atoms with Gasteiger partial charge in [0.2, 0.25) is 0 Å². The molecule has 2 rings (SSSR count). The van der Waals surface area contributed by atoms with Gasteiger partial charge >= 0.3 is 23.9 Å². The van der Waals surface area contributed by atoms with E-state index in [4.69, 9.17) is 23.7 Å². The van der Waals surface area contributed by atoms with Crippen molar-refractivity contribution < 1.29 is 47.3 Å². The number of aryl methyl sites for hydroxylation is 1. The molecule has 1 fully saturated rings. The number of hydrogen-bond donors (Lipinski definition) is 0. The van der Waals surface area contributed by atoms with Crippen molar-refractivity contribution in [3.8, 4) is 0 Å². The molecule has 0 saturated carbocycles. The number of alkyl halides is 1. The zero-order valence-corrected chi connectivity index (χ0v) is 17.5. The number of carbonyl (C=O) groups is 4.